The molecule has 1 aliphatic rings. The van der Waals surface area contributed by atoms with Gasteiger partial charge in [-0.25, -0.2) is 9.38 Å². The fourth-order valence-electron chi connectivity index (χ4n) is 3.99. The Hall–Kier alpha value is -3.06. The lowest BCUT2D eigenvalue weighted by Crippen LogP contribution is -2.28. The largest absolute Gasteiger partial charge is 0.342 e. The summed E-state index contributed by atoms with van der Waals surface area (Å²) < 4.78 is 15.4. The molecular formula is C27H20Cl2FN3OS. The van der Waals surface area contributed by atoms with E-state index in [1.807, 2.05) is 49.5 Å². The van der Waals surface area contributed by atoms with E-state index in [9.17, 15) is 9.18 Å². The number of likely N-dealkylation sites (N-methyl/N-ethyl adjacent to an activating group) is 1. The summed E-state index contributed by atoms with van der Waals surface area (Å²) in [6, 6.07) is 19.6. The highest BCUT2D eigenvalue weighted by molar-refractivity contribution is 8.18. The number of amidine groups is 1. The molecule has 1 aromatic heterocycles. The second-order valence-electron chi connectivity index (χ2n) is 8.01. The summed E-state index contributed by atoms with van der Waals surface area (Å²) in [6.07, 6.45) is 3.95. The van der Waals surface area contributed by atoms with Crippen molar-refractivity contribution < 1.29 is 9.18 Å². The quantitative estimate of drug-likeness (QED) is 0.250. The lowest BCUT2D eigenvalue weighted by atomic mass is 10.1. The molecule has 176 valence electrons. The molecule has 0 aliphatic carbocycles. The number of amides is 1. The molecule has 0 N–H and O–H groups in total. The number of aromatic nitrogens is 1. The Labute approximate surface area is 216 Å². The van der Waals surface area contributed by atoms with E-state index in [0.29, 0.717) is 38.9 Å². The summed E-state index contributed by atoms with van der Waals surface area (Å²) >= 11 is 13.6. The molecule has 1 amide bonds. The lowest BCUT2D eigenvalue weighted by Gasteiger charge is -2.11. The van der Waals surface area contributed by atoms with Gasteiger partial charge in [0.2, 0.25) is 0 Å². The zero-order chi connectivity index (χ0) is 24.5. The smallest absolute Gasteiger partial charge is 0.266 e. The van der Waals surface area contributed by atoms with E-state index < -0.39 is 0 Å². The molecular weight excluding hydrogens is 504 g/mol. The number of rotatable bonds is 5. The van der Waals surface area contributed by atoms with Gasteiger partial charge in [0.05, 0.1) is 20.6 Å². The van der Waals surface area contributed by atoms with Crippen molar-refractivity contribution in [1.29, 1.82) is 0 Å². The Balaban J connectivity index is 1.51. The summed E-state index contributed by atoms with van der Waals surface area (Å²) in [6.45, 7) is 3.01. The van der Waals surface area contributed by atoms with Crippen LogP contribution in [0, 0.1) is 5.82 Å². The number of nitrogens with zero attached hydrogens (tertiary/aromatic N) is 3. The molecule has 4 aromatic rings. The van der Waals surface area contributed by atoms with E-state index in [1.165, 1.54) is 23.9 Å². The van der Waals surface area contributed by atoms with Crippen LogP contribution in [-0.2, 0) is 11.3 Å². The second kappa shape index (κ2) is 9.90. The van der Waals surface area contributed by atoms with Gasteiger partial charge in [-0.3, -0.25) is 9.69 Å². The number of halogens is 3. The normalized spacial score (nSPS) is 16.2. The number of fused-ring (bicyclic) bond motifs is 1. The maximum atomic E-state index is 13.3. The Bertz CT molecular complexity index is 1490. The van der Waals surface area contributed by atoms with Crippen LogP contribution < -0.4 is 0 Å². The standard InChI is InChI=1S/C27H20Cl2FN3OS/c1-2-33-26(34)25(35-27(33)31-20-10-8-19(30)9-11-20)14-18-16-32(24-6-4-3-5-21(18)24)15-17-7-12-22(28)23(29)13-17/h3-14,16H,2,15H2,1H3/b25-14+,31-27?. The molecule has 5 rings (SSSR count). The molecule has 1 aliphatic heterocycles. The third kappa shape index (κ3) is 4.87. The molecule has 8 heteroatoms. The van der Waals surface area contributed by atoms with Gasteiger partial charge in [-0.05, 0) is 72.8 Å². The van der Waals surface area contributed by atoms with E-state index in [0.717, 1.165) is 22.0 Å². The number of carbonyl (C=O) groups is 1. The molecule has 2 heterocycles. The SMILES string of the molecule is CCN1C(=O)/C(=C\c2cn(Cc3ccc(Cl)c(Cl)c3)c3ccccc23)SC1=Nc1ccc(F)cc1. The van der Waals surface area contributed by atoms with Crippen LogP contribution in [0.2, 0.25) is 10.0 Å². The summed E-state index contributed by atoms with van der Waals surface area (Å²) in [5.41, 5.74) is 3.61. The maximum Gasteiger partial charge on any atom is 0.266 e. The number of para-hydroxylation sites is 1. The van der Waals surface area contributed by atoms with Crippen molar-refractivity contribution in [2.45, 2.75) is 13.5 Å². The van der Waals surface area contributed by atoms with E-state index >= 15 is 0 Å². The first-order chi connectivity index (χ1) is 16.9. The molecule has 4 nitrogen and oxygen atoms in total. The number of aliphatic imine (C=N–C) groups is 1. The van der Waals surface area contributed by atoms with Crippen LogP contribution in [0.15, 0.2) is 82.8 Å². The van der Waals surface area contributed by atoms with Gasteiger partial charge in [-0.15, -0.1) is 0 Å². The van der Waals surface area contributed by atoms with Crippen molar-refractivity contribution in [2.75, 3.05) is 6.54 Å². The number of carbonyl (C=O) groups excluding carboxylic acids is 1. The van der Waals surface area contributed by atoms with Gasteiger partial charge in [0.1, 0.15) is 5.82 Å². The van der Waals surface area contributed by atoms with Crippen LogP contribution in [0.4, 0.5) is 10.1 Å². The number of thioether (sulfide) groups is 1. The zero-order valence-electron chi connectivity index (χ0n) is 18.7. The van der Waals surface area contributed by atoms with Gasteiger partial charge >= 0.3 is 0 Å². The summed E-state index contributed by atoms with van der Waals surface area (Å²) in [5.74, 6) is -0.422. The topological polar surface area (TPSA) is 37.6 Å². The Morgan fingerprint density at radius 3 is 2.54 bits per heavy atom. The maximum absolute atomic E-state index is 13.3. The average Bonchev–Trinajstić information content (AvgIpc) is 3.34. The number of benzene rings is 3. The van der Waals surface area contributed by atoms with Gasteiger partial charge in [0.15, 0.2) is 5.17 Å². The van der Waals surface area contributed by atoms with Crippen molar-refractivity contribution in [3.05, 3.63) is 105 Å². The van der Waals surface area contributed by atoms with Crippen LogP contribution in [0.25, 0.3) is 17.0 Å². The first kappa shape index (κ1) is 23.7. The van der Waals surface area contributed by atoms with Gasteiger partial charge in [-0.1, -0.05) is 47.5 Å². The Morgan fingerprint density at radius 1 is 1.03 bits per heavy atom. The predicted octanol–water partition coefficient (Wildman–Crippen LogP) is 7.76. The third-order valence-corrected chi connectivity index (χ3v) is 7.44. The van der Waals surface area contributed by atoms with E-state index in [1.54, 1.807) is 23.1 Å². The van der Waals surface area contributed by atoms with Crippen molar-refractivity contribution >= 4 is 68.7 Å². The highest BCUT2D eigenvalue weighted by Gasteiger charge is 2.32. The Kier molecular flexibility index (Phi) is 6.69. The highest BCUT2D eigenvalue weighted by atomic mass is 35.5. The monoisotopic (exact) mass is 523 g/mol. The van der Waals surface area contributed by atoms with Crippen molar-refractivity contribution in [3.8, 4) is 0 Å². The minimum absolute atomic E-state index is 0.0975. The predicted molar refractivity (Wildman–Crippen MR) is 144 cm³/mol. The van der Waals surface area contributed by atoms with Gasteiger partial charge in [0.25, 0.3) is 5.91 Å². The molecule has 0 spiro atoms. The highest BCUT2D eigenvalue weighted by Crippen LogP contribution is 2.36. The summed E-state index contributed by atoms with van der Waals surface area (Å²) in [7, 11) is 0. The minimum Gasteiger partial charge on any atom is -0.342 e. The van der Waals surface area contributed by atoms with Crippen molar-refractivity contribution in [3.63, 3.8) is 0 Å². The van der Waals surface area contributed by atoms with Crippen LogP contribution in [0.5, 0.6) is 0 Å². The molecule has 0 saturated carbocycles. The lowest BCUT2D eigenvalue weighted by molar-refractivity contribution is -0.122. The molecule has 1 fully saturated rings. The van der Waals surface area contributed by atoms with E-state index in [-0.39, 0.29) is 11.7 Å². The minimum atomic E-state index is -0.325. The molecule has 0 radical (unpaired) electrons. The van der Waals surface area contributed by atoms with Crippen LogP contribution in [0.3, 0.4) is 0 Å². The number of hydrogen-bond acceptors (Lipinski definition) is 3. The zero-order valence-corrected chi connectivity index (χ0v) is 21.0. The average molecular weight is 524 g/mol. The molecule has 0 unspecified atom stereocenters. The van der Waals surface area contributed by atoms with Crippen molar-refractivity contribution in [1.82, 2.24) is 9.47 Å². The first-order valence-corrected chi connectivity index (χ1v) is 12.6. The van der Waals surface area contributed by atoms with Crippen LogP contribution in [0.1, 0.15) is 18.1 Å². The summed E-state index contributed by atoms with van der Waals surface area (Å²) in [5, 5.41) is 2.66. The van der Waals surface area contributed by atoms with E-state index in [2.05, 4.69) is 15.6 Å². The van der Waals surface area contributed by atoms with Gasteiger partial charge in [-0.2, -0.15) is 0 Å². The Morgan fingerprint density at radius 2 is 1.80 bits per heavy atom. The van der Waals surface area contributed by atoms with E-state index in [4.69, 9.17) is 23.2 Å². The van der Waals surface area contributed by atoms with Crippen LogP contribution in [-0.4, -0.2) is 27.1 Å². The third-order valence-electron chi connectivity index (χ3n) is 5.70. The fraction of sp³-hybridized carbons (Fsp3) is 0.111. The van der Waals surface area contributed by atoms with Crippen LogP contribution >= 0.6 is 35.0 Å². The molecule has 0 bridgehead atoms. The summed E-state index contributed by atoms with van der Waals surface area (Å²) in [4.78, 5) is 20.0. The first-order valence-electron chi connectivity index (χ1n) is 11.0. The molecule has 35 heavy (non-hydrogen) atoms. The molecule has 3 aromatic carbocycles. The number of hydrogen-bond donors (Lipinski definition) is 0. The van der Waals surface area contributed by atoms with Gasteiger partial charge in [0, 0.05) is 35.8 Å². The van der Waals surface area contributed by atoms with Gasteiger partial charge < -0.3 is 4.57 Å². The second-order valence-corrected chi connectivity index (χ2v) is 9.83. The van der Waals surface area contributed by atoms with Crippen molar-refractivity contribution in [2.24, 2.45) is 4.99 Å². The molecule has 1 saturated heterocycles. The fourth-order valence-corrected chi connectivity index (χ4v) is 5.37. The molecule has 0 atom stereocenters.